The predicted molar refractivity (Wildman–Crippen MR) is 87.0 cm³/mol. The molecule has 4 nitrogen and oxygen atoms in total. The van der Waals surface area contributed by atoms with Gasteiger partial charge in [0.1, 0.15) is 5.75 Å². The first kappa shape index (κ1) is 14.6. The molecule has 1 amide bonds. The third-order valence-electron chi connectivity index (χ3n) is 3.87. The minimum atomic E-state index is -0.107. The minimum Gasteiger partial charge on any atom is -0.482 e. The van der Waals surface area contributed by atoms with Crippen molar-refractivity contribution in [2.75, 3.05) is 11.9 Å². The molecule has 2 N–H and O–H groups in total. The monoisotopic (exact) mass is 296 g/mol. The fourth-order valence-corrected chi connectivity index (χ4v) is 2.46. The molecule has 1 unspecified atom stereocenters. The molecule has 0 saturated carbocycles. The van der Waals surface area contributed by atoms with E-state index in [9.17, 15) is 4.79 Å². The number of hydrogen-bond acceptors (Lipinski definition) is 3. The number of nitrogens with one attached hydrogen (secondary N) is 2. The molecule has 4 heteroatoms. The van der Waals surface area contributed by atoms with E-state index in [1.807, 2.05) is 18.2 Å². The predicted octanol–water partition coefficient (Wildman–Crippen LogP) is 3.18. The Morgan fingerprint density at radius 2 is 2.00 bits per heavy atom. The first-order valence-corrected chi connectivity index (χ1v) is 7.47. The molecule has 1 heterocycles. The summed E-state index contributed by atoms with van der Waals surface area (Å²) in [6, 6.07) is 14.6. The maximum Gasteiger partial charge on any atom is 0.262 e. The van der Waals surface area contributed by atoms with E-state index >= 15 is 0 Å². The van der Waals surface area contributed by atoms with Gasteiger partial charge in [0.2, 0.25) is 0 Å². The SMILES string of the molecule is Cc1ccc(CNC(C)c2ccc3c(c2)NC(=O)CO3)cc1. The van der Waals surface area contributed by atoms with Gasteiger partial charge in [0, 0.05) is 12.6 Å². The van der Waals surface area contributed by atoms with Crippen LogP contribution in [-0.4, -0.2) is 12.5 Å². The van der Waals surface area contributed by atoms with Gasteiger partial charge in [-0.15, -0.1) is 0 Å². The van der Waals surface area contributed by atoms with Crippen LogP contribution in [0.2, 0.25) is 0 Å². The molecule has 2 aromatic rings. The van der Waals surface area contributed by atoms with Crippen LogP contribution in [0.25, 0.3) is 0 Å². The number of hydrogen-bond donors (Lipinski definition) is 2. The second kappa shape index (κ2) is 6.20. The molecule has 22 heavy (non-hydrogen) atoms. The van der Waals surface area contributed by atoms with Gasteiger partial charge >= 0.3 is 0 Å². The molecular formula is C18H20N2O2. The maximum absolute atomic E-state index is 11.4. The number of fused-ring (bicyclic) bond motifs is 1. The van der Waals surface area contributed by atoms with Gasteiger partial charge in [-0.25, -0.2) is 0 Å². The Morgan fingerprint density at radius 3 is 2.77 bits per heavy atom. The number of rotatable bonds is 4. The molecule has 0 spiro atoms. The number of carbonyl (C=O) groups is 1. The molecule has 114 valence electrons. The van der Waals surface area contributed by atoms with E-state index < -0.39 is 0 Å². The summed E-state index contributed by atoms with van der Waals surface area (Å²) in [5.41, 5.74) is 4.39. The summed E-state index contributed by atoms with van der Waals surface area (Å²) < 4.78 is 5.38. The molecular weight excluding hydrogens is 276 g/mol. The quantitative estimate of drug-likeness (QED) is 0.911. The van der Waals surface area contributed by atoms with Crippen molar-refractivity contribution < 1.29 is 9.53 Å². The van der Waals surface area contributed by atoms with Crippen LogP contribution in [0.15, 0.2) is 42.5 Å². The Labute approximate surface area is 130 Å². The van der Waals surface area contributed by atoms with Gasteiger partial charge in [-0.05, 0) is 37.1 Å². The third-order valence-corrected chi connectivity index (χ3v) is 3.87. The van der Waals surface area contributed by atoms with E-state index in [-0.39, 0.29) is 18.6 Å². The topological polar surface area (TPSA) is 50.4 Å². The number of benzene rings is 2. The van der Waals surface area contributed by atoms with Crippen LogP contribution in [0.1, 0.15) is 29.7 Å². The van der Waals surface area contributed by atoms with E-state index in [2.05, 4.69) is 48.7 Å². The molecule has 0 saturated heterocycles. The Kier molecular flexibility index (Phi) is 4.11. The first-order valence-electron chi connectivity index (χ1n) is 7.47. The van der Waals surface area contributed by atoms with Crippen molar-refractivity contribution in [1.82, 2.24) is 5.32 Å². The maximum atomic E-state index is 11.4. The van der Waals surface area contributed by atoms with Crippen molar-refractivity contribution in [3.63, 3.8) is 0 Å². The summed E-state index contributed by atoms with van der Waals surface area (Å²) in [6.07, 6.45) is 0. The van der Waals surface area contributed by atoms with E-state index in [0.29, 0.717) is 0 Å². The van der Waals surface area contributed by atoms with Crippen molar-refractivity contribution >= 4 is 11.6 Å². The lowest BCUT2D eigenvalue weighted by atomic mass is 10.1. The van der Waals surface area contributed by atoms with Crippen LogP contribution in [0, 0.1) is 6.92 Å². The number of carbonyl (C=O) groups excluding carboxylic acids is 1. The van der Waals surface area contributed by atoms with Gasteiger partial charge in [-0.3, -0.25) is 4.79 Å². The highest BCUT2D eigenvalue weighted by Crippen LogP contribution is 2.30. The summed E-state index contributed by atoms with van der Waals surface area (Å²) >= 11 is 0. The summed E-state index contributed by atoms with van der Waals surface area (Å²) in [4.78, 5) is 11.4. The van der Waals surface area contributed by atoms with E-state index in [4.69, 9.17) is 4.74 Å². The Balaban J connectivity index is 1.67. The van der Waals surface area contributed by atoms with Gasteiger partial charge < -0.3 is 15.4 Å². The minimum absolute atomic E-state index is 0.0908. The molecule has 0 aliphatic carbocycles. The highest BCUT2D eigenvalue weighted by molar-refractivity contribution is 5.95. The largest absolute Gasteiger partial charge is 0.482 e. The van der Waals surface area contributed by atoms with Crippen molar-refractivity contribution in [3.05, 3.63) is 59.2 Å². The van der Waals surface area contributed by atoms with E-state index in [0.717, 1.165) is 23.5 Å². The van der Waals surface area contributed by atoms with Gasteiger partial charge in [0.15, 0.2) is 6.61 Å². The molecule has 1 atom stereocenters. The van der Waals surface area contributed by atoms with Gasteiger partial charge in [-0.2, -0.15) is 0 Å². The Morgan fingerprint density at radius 1 is 1.23 bits per heavy atom. The van der Waals surface area contributed by atoms with Gasteiger partial charge in [-0.1, -0.05) is 35.9 Å². The molecule has 1 aliphatic rings. The zero-order chi connectivity index (χ0) is 15.5. The van der Waals surface area contributed by atoms with E-state index in [1.165, 1.54) is 11.1 Å². The molecule has 3 rings (SSSR count). The summed E-state index contributed by atoms with van der Waals surface area (Å²) in [5, 5.41) is 6.34. The normalized spacial score (nSPS) is 14.7. The zero-order valence-electron chi connectivity index (χ0n) is 12.8. The smallest absolute Gasteiger partial charge is 0.262 e. The average molecular weight is 296 g/mol. The lowest BCUT2D eigenvalue weighted by Crippen LogP contribution is -2.26. The molecule has 0 radical (unpaired) electrons. The summed E-state index contributed by atoms with van der Waals surface area (Å²) in [6.45, 7) is 5.10. The van der Waals surface area contributed by atoms with Crippen LogP contribution in [-0.2, 0) is 11.3 Å². The van der Waals surface area contributed by atoms with Gasteiger partial charge in [0.05, 0.1) is 5.69 Å². The number of amides is 1. The zero-order valence-corrected chi connectivity index (χ0v) is 12.8. The molecule has 0 aromatic heterocycles. The standard InChI is InChI=1S/C18H20N2O2/c1-12-3-5-14(6-4-12)10-19-13(2)15-7-8-17-16(9-15)20-18(21)11-22-17/h3-9,13,19H,10-11H2,1-2H3,(H,20,21). The van der Waals surface area contributed by atoms with E-state index in [1.54, 1.807) is 0 Å². The average Bonchev–Trinajstić information content (AvgIpc) is 2.53. The second-order valence-electron chi connectivity index (χ2n) is 5.68. The third kappa shape index (κ3) is 3.28. The molecule has 0 bridgehead atoms. The number of anilines is 1. The van der Waals surface area contributed by atoms with Crippen LogP contribution in [0.5, 0.6) is 5.75 Å². The highest BCUT2D eigenvalue weighted by Gasteiger charge is 2.17. The first-order chi connectivity index (χ1) is 10.6. The summed E-state index contributed by atoms with van der Waals surface area (Å²) in [5.74, 6) is 0.624. The van der Waals surface area contributed by atoms with Crippen molar-refractivity contribution in [3.8, 4) is 5.75 Å². The number of ether oxygens (including phenoxy) is 1. The fourth-order valence-electron chi connectivity index (χ4n) is 2.46. The van der Waals surface area contributed by atoms with Crippen LogP contribution < -0.4 is 15.4 Å². The lowest BCUT2D eigenvalue weighted by molar-refractivity contribution is -0.118. The molecule has 0 fully saturated rings. The van der Waals surface area contributed by atoms with Crippen LogP contribution in [0.4, 0.5) is 5.69 Å². The number of aryl methyl sites for hydroxylation is 1. The highest BCUT2D eigenvalue weighted by atomic mass is 16.5. The van der Waals surface area contributed by atoms with Crippen LogP contribution >= 0.6 is 0 Å². The van der Waals surface area contributed by atoms with Gasteiger partial charge in [0.25, 0.3) is 5.91 Å². The lowest BCUT2D eigenvalue weighted by Gasteiger charge is -2.21. The van der Waals surface area contributed by atoms with Crippen molar-refractivity contribution in [2.24, 2.45) is 0 Å². The van der Waals surface area contributed by atoms with Crippen molar-refractivity contribution in [2.45, 2.75) is 26.4 Å². The Hall–Kier alpha value is -2.33. The second-order valence-corrected chi connectivity index (χ2v) is 5.68. The van der Waals surface area contributed by atoms with Crippen LogP contribution in [0.3, 0.4) is 0 Å². The summed E-state index contributed by atoms with van der Waals surface area (Å²) in [7, 11) is 0. The molecule has 2 aromatic carbocycles. The fraction of sp³-hybridized carbons (Fsp3) is 0.278. The molecule has 1 aliphatic heterocycles. The van der Waals surface area contributed by atoms with Crippen molar-refractivity contribution in [1.29, 1.82) is 0 Å². The Bertz CT molecular complexity index is 680.